The maximum atomic E-state index is 10.5. The summed E-state index contributed by atoms with van der Waals surface area (Å²) in [7, 11) is 0. The van der Waals surface area contributed by atoms with Gasteiger partial charge in [-0.3, -0.25) is 4.79 Å². The molecule has 0 saturated carbocycles. The van der Waals surface area contributed by atoms with Gasteiger partial charge in [-0.1, -0.05) is 34.4 Å². The summed E-state index contributed by atoms with van der Waals surface area (Å²) >= 11 is 12.1. The van der Waals surface area contributed by atoms with Gasteiger partial charge in [-0.15, -0.1) is 0 Å². The SMILES string of the molecule is O=C(O)CCc1cc(-c2c(Cl)cccc2Cl)no1. The van der Waals surface area contributed by atoms with E-state index in [1.54, 1.807) is 24.3 Å². The normalized spacial score (nSPS) is 10.6. The highest BCUT2D eigenvalue weighted by Crippen LogP contribution is 2.34. The first-order chi connectivity index (χ1) is 8.58. The quantitative estimate of drug-likeness (QED) is 0.931. The highest BCUT2D eigenvalue weighted by atomic mass is 35.5. The number of aromatic nitrogens is 1. The van der Waals surface area contributed by atoms with Crippen molar-refractivity contribution in [3.63, 3.8) is 0 Å². The van der Waals surface area contributed by atoms with Gasteiger partial charge in [0.05, 0.1) is 16.5 Å². The minimum Gasteiger partial charge on any atom is -0.481 e. The molecule has 2 aromatic rings. The van der Waals surface area contributed by atoms with E-state index in [1.165, 1.54) is 0 Å². The summed E-state index contributed by atoms with van der Waals surface area (Å²) in [6.45, 7) is 0. The molecule has 1 N–H and O–H groups in total. The Morgan fingerprint density at radius 3 is 2.61 bits per heavy atom. The lowest BCUT2D eigenvalue weighted by Gasteiger charge is -2.01. The molecule has 1 aromatic heterocycles. The largest absolute Gasteiger partial charge is 0.481 e. The third-order valence-corrected chi connectivity index (χ3v) is 2.99. The van der Waals surface area contributed by atoms with Crippen molar-refractivity contribution in [1.29, 1.82) is 0 Å². The van der Waals surface area contributed by atoms with Crippen molar-refractivity contribution in [3.05, 3.63) is 40.1 Å². The van der Waals surface area contributed by atoms with Gasteiger partial charge in [0.25, 0.3) is 0 Å². The molecule has 1 heterocycles. The molecule has 4 nitrogen and oxygen atoms in total. The number of hydrogen-bond donors (Lipinski definition) is 1. The summed E-state index contributed by atoms with van der Waals surface area (Å²) in [5, 5.41) is 13.4. The van der Waals surface area contributed by atoms with Crippen LogP contribution in [0.4, 0.5) is 0 Å². The molecule has 2 rings (SSSR count). The van der Waals surface area contributed by atoms with Gasteiger partial charge >= 0.3 is 5.97 Å². The lowest BCUT2D eigenvalue weighted by atomic mass is 10.1. The highest BCUT2D eigenvalue weighted by Gasteiger charge is 2.13. The number of aryl methyl sites for hydroxylation is 1. The molecule has 0 spiro atoms. The summed E-state index contributed by atoms with van der Waals surface area (Å²) in [6, 6.07) is 6.79. The zero-order valence-electron chi connectivity index (χ0n) is 9.19. The maximum absolute atomic E-state index is 10.5. The first kappa shape index (κ1) is 12.9. The van der Waals surface area contributed by atoms with E-state index in [1.807, 2.05) is 0 Å². The summed E-state index contributed by atoms with van der Waals surface area (Å²) in [5.74, 6) is -0.396. The average molecular weight is 286 g/mol. The molecule has 0 bridgehead atoms. The number of hydrogen-bond acceptors (Lipinski definition) is 3. The number of rotatable bonds is 4. The van der Waals surface area contributed by atoms with E-state index in [0.717, 1.165) is 0 Å². The van der Waals surface area contributed by atoms with E-state index < -0.39 is 5.97 Å². The molecule has 18 heavy (non-hydrogen) atoms. The van der Waals surface area contributed by atoms with Crippen molar-refractivity contribution in [2.24, 2.45) is 0 Å². The number of aliphatic carboxylic acids is 1. The Balaban J connectivity index is 2.27. The van der Waals surface area contributed by atoms with E-state index in [4.69, 9.17) is 32.8 Å². The van der Waals surface area contributed by atoms with Gasteiger partial charge in [0.2, 0.25) is 0 Å². The molecule has 0 aliphatic carbocycles. The molecule has 0 aliphatic rings. The van der Waals surface area contributed by atoms with Gasteiger partial charge in [-0.25, -0.2) is 0 Å². The van der Waals surface area contributed by atoms with Gasteiger partial charge in [0.15, 0.2) is 0 Å². The summed E-state index contributed by atoms with van der Waals surface area (Å²) in [5.41, 5.74) is 1.09. The van der Waals surface area contributed by atoms with Gasteiger partial charge in [-0.05, 0) is 12.1 Å². The highest BCUT2D eigenvalue weighted by molar-refractivity contribution is 6.39. The molecule has 0 atom stereocenters. The Labute approximate surface area is 113 Å². The van der Waals surface area contributed by atoms with Crippen LogP contribution in [0.3, 0.4) is 0 Å². The van der Waals surface area contributed by atoms with Crippen LogP contribution in [-0.2, 0) is 11.2 Å². The van der Waals surface area contributed by atoms with Gasteiger partial charge in [0, 0.05) is 18.1 Å². The maximum Gasteiger partial charge on any atom is 0.303 e. The predicted molar refractivity (Wildman–Crippen MR) is 67.9 cm³/mol. The molecule has 0 amide bonds. The van der Waals surface area contributed by atoms with Crippen molar-refractivity contribution < 1.29 is 14.4 Å². The van der Waals surface area contributed by atoms with Crippen molar-refractivity contribution >= 4 is 29.2 Å². The van der Waals surface area contributed by atoms with Crippen LogP contribution in [0.5, 0.6) is 0 Å². The Bertz CT molecular complexity index is 560. The standard InChI is InChI=1S/C12H9Cl2NO3/c13-8-2-1-3-9(14)12(8)10-6-7(18-15-10)4-5-11(16)17/h1-3,6H,4-5H2,(H,16,17). The summed E-state index contributed by atoms with van der Waals surface area (Å²) in [4.78, 5) is 10.5. The zero-order valence-corrected chi connectivity index (χ0v) is 10.7. The second-order valence-electron chi connectivity index (χ2n) is 3.67. The van der Waals surface area contributed by atoms with Crippen molar-refractivity contribution in [2.75, 3.05) is 0 Å². The van der Waals surface area contributed by atoms with Crippen molar-refractivity contribution in [1.82, 2.24) is 5.16 Å². The number of benzene rings is 1. The van der Waals surface area contributed by atoms with E-state index in [9.17, 15) is 4.79 Å². The van der Waals surface area contributed by atoms with Crippen molar-refractivity contribution in [2.45, 2.75) is 12.8 Å². The first-order valence-electron chi connectivity index (χ1n) is 5.19. The van der Waals surface area contributed by atoms with Crippen LogP contribution in [0, 0.1) is 0 Å². The molecule has 6 heteroatoms. The first-order valence-corrected chi connectivity index (χ1v) is 5.95. The topological polar surface area (TPSA) is 63.3 Å². The molecule has 1 aromatic carbocycles. The number of nitrogens with zero attached hydrogens (tertiary/aromatic N) is 1. The predicted octanol–water partition coefficient (Wildman–Crippen LogP) is 3.67. The second kappa shape index (κ2) is 5.42. The number of carboxylic acid groups (broad SMARTS) is 1. The summed E-state index contributed by atoms with van der Waals surface area (Å²) in [6.07, 6.45) is 0.273. The molecular weight excluding hydrogens is 277 g/mol. The van der Waals surface area contributed by atoms with Gasteiger partial charge < -0.3 is 9.63 Å². The molecule has 0 unspecified atom stereocenters. The molecule has 0 aliphatic heterocycles. The van der Waals surface area contributed by atoms with Crippen LogP contribution in [-0.4, -0.2) is 16.2 Å². The Hall–Kier alpha value is -1.52. The van der Waals surface area contributed by atoms with E-state index in [-0.39, 0.29) is 12.8 Å². The monoisotopic (exact) mass is 285 g/mol. The molecule has 0 radical (unpaired) electrons. The minimum atomic E-state index is -0.885. The third-order valence-electron chi connectivity index (χ3n) is 2.36. The Morgan fingerprint density at radius 1 is 1.33 bits per heavy atom. The van der Waals surface area contributed by atoms with Crippen molar-refractivity contribution in [3.8, 4) is 11.3 Å². The molecule has 0 fully saturated rings. The number of carboxylic acids is 1. The lowest BCUT2D eigenvalue weighted by Crippen LogP contribution is -1.96. The van der Waals surface area contributed by atoms with Gasteiger partial charge in [0.1, 0.15) is 11.5 Å². The number of carbonyl (C=O) groups is 1. The van der Waals surface area contributed by atoms with Crippen LogP contribution in [0.25, 0.3) is 11.3 Å². The van der Waals surface area contributed by atoms with E-state index in [2.05, 4.69) is 5.16 Å². The fourth-order valence-corrected chi connectivity index (χ4v) is 2.11. The zero-order chi connectivity index (χ0) is 13.1. The Morgan fingerprint density at radius 2 is 2.00 bits per heavy atom. The fourth-order valence-electron chi connectivity index (χ4n) is 1.52. The smallest absolute Gasteiger partial charge is 0.303 e. The van der Waals surface area contributed by atoms with Crippen LogP contribution >= 0.6 is 23.2 Å². The summed E-state index contributed by atoms with van der Waals surface area (Å²) < 4.78 is 5.05. The molecular formula is C12H9Cl2NO3. The van der Waals surface area contributed by atoms with E-state index >= 15 is 0 Å². The van der Waals surface area contributed by atoms with Crippen LogP contribution < -0.4 is 0 Å². The third kappa shape index (κ3) is 2.83. The van der Waals surface area contributed by atoms with Crippen LogP contribution in [0.15, 0.2) is 28.8 Å². The molecule has 0 saturated heterocycles. The van der Waals surface area contributed by atoms with E-state index in [0.29, 0.717) is 27.1 Å². The lowest BCUT2D eigenvalue weighted by molar-refractivity contribution is -0.137. The number of halogens is 2. The molecule has 94 valence electrons. The van der Waals surface area contributed by atoms with Crippen LogP contribution in [0.2, 0.25) is 10.0 Å². The average Bonchev–Trinajstić information content (AvgIpc) is 2.75. The Kier molecular flexibility index (Phi) is 3.89. The fraction of sp³-hybridized carbons (Fsp3) is 0.167. The van der Waals surface area contributed by atoms with Gasteiger partial charge in [-0.2, -0.15) is 0 Å². The second-order valence-corrected chi connectivity index (χ2v) is 4.48. The minimum absolute atomic E-state index is 0.00904. The van der Waals surface area contributed by atoms with Crippen LogP contribution in [0.1, 0.15) is 12.2 Å².